The van der Waals surface area contributed by atoms with Gasteiger partial charge in [-0.15, -0.1) is 0 Å². The molecule has 0 aliphatic carbocycles. The van der Waals surface area contributed by atoms with Crippen molar-refractivity contribution in [3.8, 4) is 0 Å². The normalized spacial score (nSPS) is 25.3. The third kappa shape index (κ3) is 5.45. The molecule has 0 radical (unpaired) electrons. The van der Waals surface area contributed by atoms with E-state index in [2.05, 4.69) is 15.5 Å². The largest absolute Gasteiger partial charge is 0.352 e. The van der Waals surface area contributed by atoms with Crippen LogP contribution in [-0.4, -0.2) is 47.4 Å². The molecule has 0 saturated carbocycles. The molecule has 2 unspecified atom stereocenters. The van der Waals surface area contributed by atoms with Crippen LogP contribution in [0.1, 0.15) is 56.8 Å². The summed E-state index contributed by atoms with van der Waals surface area (Å²) in [4.78, 5) is 27.0. The van der Waals surface area contributed by atoms with E-state index in [0.717, 1.165) is 25.7 Å². The Hall–Kier alpha value is -1.59. The summed E-state index contributed by atoms with van der Waals surface area (Å²) in [5, 5.41) is 6.69. The van der Waals surface area contributed by atoms with Crippen LogP contribution < -0.4 is 10.6 Å². The number of hydrogen-bond donors (Lipinski definition) is 2. The molecule has 2 atom stereocenters. The second kappa shape index (κ2) is 8.19. The highest BCUT2D eigenvalue weighted by molar-refractivity contribution is 6.30. The second-order valence-corrected chi connectivity index (χ2v) is 9.35. The standard InChI is InChI=1S/C21H30ClN3O2/c1-21(2,3)24-19(26)13-25-17-7-8-18(25)10-14(9-17)12-23-20(27)15-5-4-6-16(22)11-15/h4-6,11,14,17-18H,7-10,12-13H2,1-3H3,(H,23,27)(H,24,26). The predicted molar refractivity (Wildman–Crippen MR) is 108 cm³/mol. The number of carbonyl (C=O) groups excluding carboxylic acids is 2. The maximum atomic E-state index is 12.3. The Morgan fingerprint density at radius 3 is 2.44 bits per heavy atom. The number of hydrogen-bond acceptors (Lipinski definition) is 3. The summed E-state index contributed by atoms with van der Waals surface area (Å²) in [5.41, 5.74) is 0.403. The van der Waals surface area contributed by atoms with E-state index in [1.165, 1.54) is 0 Å². The molecule has 1 aromatic rings. The SMILES string of the molecule is CC(C)(C)NC(=O)CN1C2CCC1CC(CNC(=O)c1cccc(Cl)c1)C2. The Kier molecular flexibility index (Phi) is 6.11. The Bertz CT molecular complexity index is 687. The van der Waals surface area contributed by atoms with Crippen LogP contribution in [0.25, 0.3) is 0 Å². The number of halogens is 1. The maximum Gasteiger partial charge on any atom is 0.251 e. The number of nitrogens with zero attached hydrogens (tertiary/aromatic N) is 1. The van der Waals surface area contributed by atoms with Crippen LogP contribution in [0.4, 0.5) is 0 Å². The van der Waals surface area contributed by atoms with E-state index in [1.807, 2.05) is 20.8 Å². The summed E-state index contributed by atoms with van der Waals surface area (Å²) in [5.74, 6) is 0.497. The Balaban J connectivity index is 1.50. The molecule has 3 rings (SSSR count). The van der Waals surface area contributed by atoms with Gasteiger partial charge in [-0.3, -0.25) is 14.5 Å². The van der Waals surface area contributed by atoms with E-state index in [1.54, 1.807) is 24.3 Å². The molecule has 27 heavy (non-hydrogen) atoms. The van der Waals surface area contributed by atoms with Gasteiger partial charge >= 0.3 is 0 Å². The number of amides is 2. The third-order valence-electron chi connectivity index (χ3n) is 5.46. The van der Waals surface area contributed by atoms with Gasteiger partial charge in [0.15, 0.2) is 0 Å². The number of piperidine rings is 1. The minimum absolute atomic E-state index is 0.0724. The second-order valence-electron chi connectivity index (χ2n) is 8.91. The van der Waals surface area contributed by atoms with Gasteiger partial charge in [-0.2, -0.15) is 0 Å². The average Bonchev–Trinajstić information content (AvgIpc) is 2.80. The Morgan fingerprint density at radius 1 is 1.19 bits per heavy atom. The van der Waals surface area contributed by atoms with E-state index in [0.29, 0.717) is 41.7 Å². The topological polar surface area (TPSA) is 61.4 Å². The molecule has 0 spiro atoms. The van der Waals surface area contributed by atoms with Crippen molar-refractivity contribution in [1.29, 1.82) is 0 Å². The first-order valence-electron chi connectivity index (χ1n) is 9.82. The van der Waals surface area contributed by atoms with Crippen LogP contribution in [-0.2, 0) is 4.79 Å². The van der Waals surface area contributed by atoms with Crippen molar-refractivity contribution in [3.63, 3.8) is 0 Å². The van der Waals surface area contributed by atoms with Crippen LogP contribution >= 0.6 is 11.6 Å². The van der Waals surface area contributed by atoms with Crippen molar-refractivity contribution in [2.24, 2.45) is 5.92 Å². The first-order chi connectivity index (χ1) is 12.7. The lowest BCUT2D eigenvalue weighted by molar-refractivity contribution is -0.125. The average molecular weight is 392 g/mol. The van der Waals surface area contributed by atoms with Crippen LogP contribution in [0.2, 0.25) is 5.02 Å². The number of carbonyl (C=O) groups is 2. The number of nitrogens with one attached hydrogen (secondary N) is 2. The molecule has 5 nitrogen and oxygen atoms in total. The molecule has 2 bridgehead atoms. The summed E-state index contributed by atoms with van der Waals surface area (Å²) < 4.78 is 0. The van der Waals surface area contributed by atoms with Gasteiger partial charge in [-0.25, -0.2) is 0 Å². The molecule has 2 aliphatic rings. The van der Waals surface area contributed by atoms with E-state index in [9.17, 15) is 9.59 Å². The predicted octanol–water partition coefficient (Wildman–Crippen LogP) is 3.23. The van der Waals surface area contributed by atoms with Crippen molar-refractivity contribution in [1.82, 2.24) is 15.5 Å². The monoisotopic (exact) mass is 391 g/mol. The fourth-order valence-electron chi connectivity index (χ4n) is 4.40. The molecule has 2 amide bonds. The molecular weight excluding hydrogens is 362 g/mol. The van der Waals surface area contributed by atoms with E-state index in [-0.39, 0.29) is 17.4 Å². The van der Waals surface area contributed by atoms with Crippen molar-refractivity contribution < 1.29 is 9.59 Å². The molecule has 6 heteroatoms. The molecular formula is C21H30ClN3O2. The molecule has 0 aromatic heterocycles. The van der Waals surface area contributed by atoms with Crippen LogP contribution in [0.5, 0.6) is 0 Å². The van der Waals surface area contributed by atoms with Crippen LogP contribution in [0.3, 0.4) is 0 Å². The van der Waals surface area contributed by atoms with Gasteiger partial charge in [0.25, 0.3) is 5.91 Å². The van der Waals surface area contributed by atoms with Crippen molar-refractivity contribution >= 4 is 23.4 Å². The zero-order valence-electron chi connectivity index (χ0n) is 16.4. The lowest BCUT2D eigenvalue weighted by atomic mass is 9.90. The molecule has 2 aliphatic heterocycles. The zero-order chi connectivity index (χ0) is 19.6. The summed E-state index contributed by atoms with van der Waals surface area (Å²) in [7, 11) is 0. The van der Waals surface area contributed by atoms with Crippen molar-refractivity contribution in [2.75, 3.05) is 13.1 Å². The van der Waals surface area contributed by atoms with Gasteiger partial charge in [0.1, 0.15) is 0 Å². The molecule has 2 N–H and O–H groups in total. The fourth-order valence-corrected chi connectivity index (χ4v) is 4.59. The van der Waals surface area contributed by atoms with E-state index in [4.69, 9.17) is 11.6 Å². The number of fused-ring (bicyclic) bond motifs is 2. The first kappa shape index (κ1) is 20.2. The van der Waals surface area contributed by atoms with Crippen molar-refractivity contribution in [2.45, 2.75) is 64.1 Å². The minimum Gasteiger partial charge on any atom is -0.352 e. The summed E-state index contributed by atoms with van der Waals surface area (Å²) in [6.45, 7) is 7.19. The summed E-state index contributed by atoms with van der Waals surface area (Å²) in [6, 6.07) is 7.92. The summed E-state index contributed by atoms with van der Waals surface area (Å²) in [6.07, 6.45) is 4.36. The number of benzene rings is 1. The third-order valence-corrected chi connectivity index (χ3v) is 5.70. The summed E-state index contributed by atoms with van der Waals surface area (Å²) >= 11 is 5.96. The van der Waals surface area contributed by atoms with Crippen LogP contribution in [0.15, 0.2) is 24.3 Å². The molecule has 2 fully saturated rings. The highest BCUT2D eigenvalue weighted by atomic mass is 35.5. The van der Waals surface area contributed by atoms with E-state index >= 15 is 0 Å². The lowest BCUT2D eigenvalue weighted by Gasteiger charge is -2.39. The Morgan fingerprint density at radius 2 is 1.85 bits per heavy atom. The van der Waals surface area contributed by atoms with Crippen molar-refractivity contribution in [3.05, 3.63) is 34.9 Å². The van der Waals surface area contributed by atoms with Gasteiger partial charge in [0.2, 0.25) is 5.91 Å². The quantitative estimate of drug-likeness (QED) is 0.810. The van der Waals surface area contributed by atoms with Gasteiger partial charge in [-0.05, 0) is 70.6 Å². The highest BCUT2D eigenvalue weighted by Gasteiger charge is 2.41. The molecule has 148 valence electrons. The molecule has 2 heterocycles. The molecule has 1 aromatic carbocycles. The zero-order valence-corrected chi connectivity index (χ0v) is 17.2. The fraction of sp³-hybridized carbons (Fsp3) is 0.619. The lowest BCUT2D eigenvalue weighted by Crippen LogP contribution is -2.52. The van der Waals surface area contributed by atoms with Gasteiger partial charge in [0.05, 0.1) is 6.54 Å². The van der Waals surface area contributed by atoms with Gasteiger partial charge in [-0.1, -0.05) is 17.7 Å². The van der Waals surface area contributed by atoms with E-state index < -0.39 is 0 Å². The van der Waals surface area contributed by atoms with Gasteiger partial charge in [0, 0.05) is 34.8 Å². The highest BCUT2D eigenvalue weighted by Crippen LogP contribution is 2.38. The smallest absolute Gasteiger partial charge is 0.251 e. The van der Waals surface area contributed by atoms with Crippen LogP contribution in [0, 0.1) is 5.92 Å². The number of rotatable bonds is 5. The Labute approximate surface area is 166 Å². The van der Waals surface area contributed by atoms with Gasteiger partial charge < -0.3 is 10.6 Å². The first-order valence-corrected chi connectivity index (χ1v) is 10.2. The maximum absolute atomic E-state index is 12.3. The minimum atomic E-state index is -0.195. The molecule has 2 saturated heterocycles.